The Hall–Kier alpha value is -0.390. The Kier molecular flexibility index (Phi) is 4.01. The van der Waals surface area contributed by atoms with E-state index < -0.39 is 0 Å². The molecule has 0 amide bonds. The zero-order chi connectivity index (χ0) is 12.4. The number of ether oxygens (including phenoxy) is 1. The highest BCUT2D eigenvalue weighted by Gasteiger charge is 2.26. The van der Waals surface area contributed by atoms with Crippen LogP contribution in [0.2, 0.25) is 0 Å². The van der Waals surface area contributed by atoms with Crippen LogP contribution < -0.4 is 5.32 Å². The third kappa shape index (κ3) is 2.95. The first-order chi connectivity index (χ1) is 8.81. The topological polar surface area (TPSA) is 39.1 Å². The molecule has 2 fully saturated rings. The minimum absolute atomic E-state index is 0.546. The van der Waals surface area contributed by atoms with Gasteiger partial charge >= 0.3 is 0 Å². The molecule has 1 aliphatic carbocycles. The van der Waals surface area contributed by atoms with Crippen molar-refractivity contribution in [2.45, 2.75) is 50.2 Å². The minimum Gasteiger partial charge on any atom is -0.380 e. The number of nitrogens with one attached hydrogen (secondary N) is 1. The zero-order valence-corrected chi connectivity index (χ0v) is 12.1. The molecule has 0 spiro atoms. The number of hydrogen-bond donors (Lipinski definition) is 1. The lowest BCUT2D eigenvalue weighted by Gasteiger charge is -2.31. The third-order valence-electron chi connectivity index (χ3n) is 3.99. The summed E-state index contributed by atoms with van der Waals surface area (Å²) >= 11 is 3.47. The van der Waals surface area contributed by atoms with Gasteiger partial charge in [-0.05, 0) is 48.0 Å². The molecule has 1 N–H and O–H groups in total. The Morgan fingerprint density at radius 3 is 3.00 bits per heavy atom. The SMILES string of the molecule is Brc1cnn([C@@H]2CCC[C@@H](N[C@H]3CCOC3)C2)c1. The van der Waals surface area contributed by atoms with Crippen molar-refractivity contribution in [2.75, 3.05) is 13.2 Å². The van der Waals surface area contributed by atoms with Crippen molar-refractivity contribution in [3.8, 4) is 0 Å². The summed E-state index contributed by atoms with van der Waals surface area (Å²) in [7, 11) is 0. The van der Waals surface area contributed by atoms with E-state index in [1.54, 1.807) is 0 Å². The second-order valence-electron chi connectivity index (χ2n) is 5.38. The molecule has 5 heteroatoms. The molecule has 18 heavy (non-hydrogen) atoms. The monoisotopic (exact) mass is 313 g/mol. The maximum atomic E-state index is 5.43. The highest BCUT2D eigenvalue weighted by Crippen LogP contribution is 2.29. The molecule has 2 aliphatic rings. The summed E-state index contributed by atoms with van der Waals surface area (Å²) in [6.07, 6.45) is 10.1. The van der Waals surface area contributed by atoms with Gasteiger partial charge in [0, 0.05) is 24.9 Å². The van der Waals surface area contributed by atoms with Gasteiger partial charge in [0.15, 0.2) is 0 Å². The lowest BCUT2D eigenvalue weighted by molar-refractivity contribution is 0.182. The summed E-state index contributed by atoms with van der Waals surface area (Å²) in [6.45, 7) is 1.80. The minimum atomic E-state index is 0.546. The van der Waals surface area contributed by atoms with E-state index in [-0.39, 0.29) is 0 Å². The first-order valence-electron chi connectivity index (χ1n) is 6.85. The van der Waals surface area contributed by atoms with Crippen LogP contribution in [0.4, 0.5) is 0 Å². The quantitative estimate of drug-likeness (QED) is 0.932. The first-order valence-corrected chi connectivity index (χ1v) is 7.64. The van der Waals surface area contributed by atoms with Gasteiger partial charge in [0.2, 0.25) is 0 Å². The van der Waals surface area contributed by atoms with E-state index in [0.29, 0.717) is 18.1 Å². The van der Waals surface area contributed by atoms with Crippen LogP contribution in [0.3, 0.4) is 0 Å². The summed E-state index contributed by atoms with van der Waals surface area (Å²) in [4.78, 5) is 0. The third-order valence-corrected chi connectivity index (χ3v) is 4.40. The summed E-state index contributed by atoms with van der Waals surface area (Å²) in [6, 6.07) is 1.74. The van der Waals surface area contributed by atoms with Crippen LogP contribution in [0.25, 0.3) is 0 Å². The Morgan fingerprint density at radius 2 is 2.28 bits per heavy atom. The van der Waals surface area contributed by atoms with Crippen molar-refractivity contribution in [1.29, 1.82) is 0 Å². The fourth-order valence-electron chi connectivity index (χ4n) is 3.07. The molecule has 0 unspecified atom stereocenters. The van der Waals surface area contributed by atoms with Crippen molar-refractivity contribution in [3.05, 3.63) is 16.9 Å². The highest BCUT2D eigenvalue weighted by molar-refractivity contribution is 9.10. The summed E-state index contributed by atoms with van der Waals surface area (Å²) in [5, 5.41) is 8.17. The molecule has 1 saturated heterocycles. The fraction of sp³-hybridized carbons (Fsp3) is 0.769. The van der Waals surface area contributed by atoms with Crippen molar-refractivity contribution in [3.63, 3.8) is 0 Å². The Bertz CT molecular complexity index is 389. The van der Waals surface area contributed by atoms with Crippen LogP contribution in [0.5, 0.6) is 0 Å². The first kappa shape index (κ1) is 12.6. The lowest BCUT2D eigenvalue weighted by Crippen LogP contribution is -2.41. The molecule has 1 aromatic rings. The summed E-state index contributed by atoms with van der Waals surface area (Å²) in [5.41, 5.74) is 0. The molecule has 1 aliphatic heterocycles. The molecule has 100 valence electrons. The molecule has 0 bridgehead atoms. The van der Waals surface area contributed by atoms with E-state index in [1.807, 2.05) is 6.20 Å². The van der Waals surface area contributed by atoms with Gasteiger partial charge in [-0.25, -0.2) is 0 Å². The molecule has 0 radical (unpaired) electrons. The van der Waals surface area contributed by atoms with Crippen molar-refractivity contribution < 1.29 is 4.74 Å². The molecular formula is C13H20BrN3O. The second kappa shape index (κ2) is 5.72. The average Bonchev–Trinajstić information content (AvgIpc) is 3.01. The molecule has 1 aromatic heterocycles. The van der Waals surface area contributed by atoms with E-state index in [2.05, 4.69) is 37.2 Å². The Balaban J connectivity index is 1.57. The largest absolute Gasteiger partial charge is 0.380 e. The van der Waals surface area contributed by atoms with Gasteiger partial charge in [0.1, 0.15) is 0 Å². The van der Waals surface area contributed by atoms with Gasteiger partial charge in [0.05, 0.1) is 23.3 Å². The fourth-order valence-corrected chi connectivity index (χ4v) is 3.37. The maximum Gasteiger partial charge on any atom is 0.0632 e. The molecular weight excluding hydrogens is 294 g/mol. The van der Waals surface area contributed by atoms with Gasteiger partial charge in [-0.3, -0.25) is 4.68 Å². The van der Waals surface area contributed by atoms with Gasteiger partial charge < -0.3 is 10.1 Å². The number of nitrogens with zero attached hydrogens (tertiary/aromatic N) is 2. The standard InChI is InChI=1S/C13H20BrN3O/c14-10-7-15-17(8-10)13-3-1-2-11(6-13)16-12-4-5-18-9-12/h7-8,11-13,16H,1-6,9H2/t11-,12+,13-/m1/s1. The smallest absolute Gasteiger partial charge is 0.0632 e. The molecule has 1 saturated carbocycles. The molecule has 3 atom stereocenters. The molecule has 0 aromatic carbocycles. The number of hydrogen-bond acceptors (Lipinski definition) is 3. The van der Waals surface area contributed by atoms with E-state index in [9.17, 15) is 0 Å². The zero-order valence-electron chi connectivity index (χ0n) is 10.5. The number of halogens is 1. The number of rotatable bonds is 3. The molecule has 3 rings (SSSR count). The van der Waals surface area contributed by atoms with Crippen molar-refractivity contribution in [2.24, 2.45) is 0 Å². The van der Waals surface area contributed by atoms with E-state index in [0.717, 1.165) is 24.1 Å². The van der Waals surface area contributed by atoms with Gasteiger partial charge in [-0.2, -0.15) is 5.10 Å². The summed E-state index contributed by atoms with van der Waals surface area (Å²) < 4.78 is 8.61. The Morgan fingerprint density at radius 1 is 1.33 bits per heavy atom. The average molecular weight is 314 g/mol. The predicted molar refractivity (Wildman–Crippen MR) is 73.6 cm³/mol. The molecule has 2 heterocycles. The van der Waals surface area contributed by atoms with Gasteiger partial charge in [-0.15, -0.1) is 0 Å². The van der Waals surface area contributed by atoms with Crippen LogP contribution in [-0.2, 0) is 4.74 Å². The van der Waals surface area contributed by atoms with Crippen molar-refractivity contribution >= 4 is 15.9 Å². The van der Waals surface area contributed by atoms with E-state index in [4.69, 9.17) is 4.74 Å². The Labute approximate surface area is 116 Å². The second-order valence-corrected chi connectivity index (χ2v) is 6.30. The lowest BCUT2D eigenvalue weighted by atomic mass is 9.90. The number of aromatic nitrogens is 2. The summed E-state index contributed by atoms with van der Waals surface area (Å²) in [5.74, 6) is 0. The predicted octanol–water partition coefficient (Wildman–Crippen LogP) is 2.51. The van der Waals surface area contributed by atoms with Crippen LogP contribution >= 0.6 is 15.9 Å². The van der Waals surface area contributed by atoms with Crippen LogP contribution in [0.15, 0.2) is 16.9 Å². The van der Waals surface area contributed by atoms with Crippen LogP contribution in [-0.4, -0.2) is 35.1 Å². The van der Waals surface area contributed by atoms with E-state index >= 15 is 0 Å². The maximum absolute atomic E-state index is 5.43. The molecule has 4 nitrogen and oxygen atoms in total. The van der Waals surface area contributed by atoms with Gasteiger partial charge in [0.25, 0.3) is 0 Å². The highest BCUT2D eigenvalue weighted by atomic mass is 79.9. The normalized spacial score (nSPS) is 32.8. The van der Waals surface area contributed by atoms with Crippen LogP contribution in [0, 0.1) is 0 Å². The van der Waals surface area contributed by atoms with Crippen LogP contribution in [0.1, 0.15) is 38.1 Å². The van der Waals surface area contributed by atoms with Gasteiger partial charge in [-0.1, -0.05) is 0 Å². The van der Waals surface area contributed by atoms with E-state index in [1.165, 1.54) is 25.7 Å². The van der Waals surface area contributed by atoms with Crippen molar-refractivity contribution in [1.82, 2.24) is 15.1 Å².